The molecule has 16 heavy (non-hydrogen) atoms. The lowest BCUT2D eigenvalue weighted by atomic mass is 9.87. The van der Waals surface area contributed by atoms with Crippen molar-refractivity contribution < 1.29 is 8.78 Å². The topological polar surface area (TPSA) is 12.0 Å². The largest absolute Gasteiger partial charge is 0.306 e. The lowest BCUT2D eigenvalue weighted by Crippen LogP contribution is -2.46. The van der Waals surface area contributed by atoms with Crippen LogP contribution < -0.4 is 5.32 Å². The highest BCUT2D eigenvalue weighted by Gasteiger charge is 2.38. The highest BCUT2D eigenvalue weighted by molar-refractivity contribution is 5.29. The molecule has 1 aromatic carbocycles. The van der Waals surface area contributed by atoms with Crippen LogP contribution in [0.5, 0.6) is 0 Å². The van der Waals surface area contributed by atoms with Crippen molar-refractivity contribution in [2.24, 2.45) is 0 Å². The molecule has 1 rings (SSSR count). The summed E-state index contributed by atoms with van der Waals surface area (Å²) < 4.78 is 26.3. The van der Waals surface area contributed by atoms with E-state index in [1.54, 1.807) is 26.1 Å². The summed E-state index contributed by atoms with van der Waals surface area (Å²) in [5.41, 5.74) is 0.607. The lowest BCUT2D eigenvalue weighted by molar-refractivity contribution is 0.0292. The van der Waals surface area contributed by atoms with Crippen LogP contribution >= 0.6 is 0 Å². The maximum Gasteiger partial charge on any atom is 0.260 e. The average molecular weight is 227 g/mol. The van der Waals surface area contributed by atoms with E-state index in [9.17, 15) is 8.78 Å². The summed E-state index contributed by atoms with van der Waals surface area (Å²) in [7, 11) is 1.59. The maximum atomic E-state index is 13.2. The molecule has 3 heteroatoms. The Morgan fingerprint density at radius 2 is 1.75 bits per heavy atom. The Hall–Kier alpha value is -0.960. The first-order chi connectivity index (χ1) is 7.60. The average Bonchev–Trinajstić information content (AvgIpc) is 2.32. The highest BCUT2D eigenvalue weighted by atomic mass is 19.3. The quantitative estimate of drug-likeness (QED) is 0.813. The molecule has 1 nitrogen and oxygen atoms in total. The number of hydrogen-bond donors (Lipinski definition) is 1. The van der Waals surface area contributed by atoms with Crippen molar-refractivity contribution in [2.75, 3.05) is 7.05 Å². The van der Waals surface area contributed by atoms with Crippen molar-refractivity contribution in [3.63, 3.8) is 0 Å². The molecule has 1 unspecified atom stereocenters. The molecule has 0 bridgehead atoms. The van der Waals surface area contributed by atoms with Crippen LogP contribution in [0.2, 0.25) is 0 Å². The molecule has 0 saturated carbocycles. The van der Waals surface area contributed by atoms with Gasteiger partial charge in [-0.25, -0.2) is 8.78 Å². The monoisotopic (exact) mass is 227 g/mol. The van der Waals surface area contributed by atoms with Gasteiger partial charge in [0.15, 0.2) is 0 Å². The summed E-state index contributed by atoms with van der Waals surface area (Å²) in [6.45, 7) is 3.82. The molecule has 0 spiro atoms. The fraction of sp³-hybridized carbons (Fsp3) is 0.538. The predicted octanol–water partition coefficient (Wildman–Crippen LogP) is 3.34. The molecule has 1 atom stereocenters. The van der Waals surface area contributed by atoms with Gasteiger partial charge in [0, 0.05) is 0 Å². The van der Waals surface area contributed by atoms with Crippen molar-refractivity contribution >= 4 is 0 Å². The zero-order chi connectivity index (χ0) is 12.2. The fourth-order valence-corrected chi connectivity index (χ4v) is 1.95. The zero-order valence-electron chi connectivity index (χ0n) is 10.1. The van der Waals surface area contributed by atoms with E-state index in [1.165, 1.54) is 5.56 Å². The first kappa shape index (κ1) is 13.1. The highest BCUT2D eigenvalue weighted by Crippen LogP contribution is 2.31. The summed E-state index contributed by atoms with van der Waals surface area (Å²) in [6, 6.07) is 7.43. The van der Waals surface area contributed by atoms with Crippen LogP contribution in [0.25, 0.3) is 0 Å². The number of hydrogen-bond acceptors (Lipinski definition) is 1. The molecular formula is C13H19F2N. The Balaban J connectivity index is 3.10. The second kappa shape index (κ2) is 5.39. The molecule has 0 aromatic heterocycles. The fourth-order valence-electron chi connectivity index (χ4n) is 1.95. The summed E-state index contributed by atoms with van der Waals surface area (Å²) in [5.74, 6) is 0. The second-order valence-electron chi connectivity index (χ2n) is 3.93. The smallest absolute Gasteiger partial charge is 0.260 e. The minimum atomic E-state index is -2.41. The minimum absolute atomic E-state index is 0.368. The van der Waals surface area contributed by atoms with Crippen LogP contribution in [0.15, 0.2) is 24.3 Å². The van der Waals surface area contributed by atoms with E-state index in [4.69, 9.17) is 0 Å². The Morgan fingerprint density at radius 1 is 1.19 bits per heavy atom. The van der Waals surface area contributed by atoms with Crippen molar-refractivity contribution in [3.8, 4) is 0 Å². The number of aryl methyl sites for hydroxylation is 1. The van der Waals surface area contributed by atoms with Gasteiger partial charge >= 0.3 is 0 Å². The lowest BCUT2D eigenvalue weighted by Gasteiger charge is -2.32. The van der Waals surface area contributed by atoms with E-state index in [0.29, 0.717) is 12.0 Å². The number of benzene rings is 1. The van der Waals surface area contributed by atoms with Gasteiger partial charge in [-0.3, -0.25) is 0 Å². The maximum absolute atomic E-state index is 13.2. The standard InChI is InChI=1S/C13H19F2N/c1-4-10-6-8-11(9-7-10)13(5-2,16-3)12(14)15/h6-9,12,16H,4-5H2,1-3H3. The molecule has 0 aliphatic carbocycles. The number of nitrogens with one attached hydrogen (secondary N) is 1. The molecule has 0 heterocycles. The van der Waals surface area contributed by atoms with Crippen molar-refractivity contribution in [1.82, 2.24) is 5.32 Å². The number of rotatable bonds is 5. The third kappa shape index (κ3) is 2.24. The van der Waals surface area contributed by atoms with E-state index >= 15 is 0 Å². The van der Waals surface area contributed by atoms with Gasteiger partial charge < -0.3 is 5.32 Å². The third-order valence-corrected chi connectivity index (χ3v) is 3.25. The van der Waals surface area contributed by atoms with Gasteiger partial charge in [0.1, 0.15) is 5.54 Å². The van der Waals surface area contributed by atoms with Gasteiger partial charge in [-0.2, -0.15) is 0 Å². The summed E-state index contributed by atoms with van der Waals surface area (Å²) >= 11 is 0. The molecule has 1 aromatic rings. The molecule has 0 radical (unpaired) electrons. The molecule has 0 saturated heterocycles. The van der Waals surface area contributed by atoms with E-state index in [1.807, 2.05) is 19.1 Å². The van der Waals surface area contributed by atoms with E-state index in [2.05, 4.69) is 5.32 Å². The summed E-state index contributed by atoms with van der Waals surface area (Å²) in [4.78, 5) is 0. The van der Waals surface area contributed by atoms with Gasteiger partial charge in [0.05, 0.1) is 0 Å². The normalized spacial score (nSPS) is 15.1. The number of alkyl halides is 2. The first-order valence-electron chi connectivity index (χ1n) is 5.67. The van der Waals surface area contributed by atoms with Gasteiger partial charge in [-0.1, -0.05) is 38.1 Å². The first-order valence-corrected chi connectivity index (χ1v) is 5.67. The Bertz CT molecular complexity index is 315. The summed E-state index contributed by atoms with van der Waals surface area (Å²) in [5, 5.41) is 2.77. The van der Waals surface area contributed by atoms with E-state index in [0.717, 1.165) is 6.42 Å². The van der Waals surface area contributed by atoms with Crippen LogP contribution in [0, 0.1) is 0 Å². The van der Waals surface area contributed by atoms with Gasteiger partial charge in [0.25, 0.3) is 6.43 Å². The Kier molecular flexibility index (Phi) is 4.42. The number of halogens is 2. The Labute approximate surface area is 95.9 Å². The Morgan fingerprint density at radius 3 is 2.06 bits per heavy atom. The van der Waals surface area contributed by atoms with E-state index < -0.39 is 12.0 Å². The van der Waals surface area contributed by atoms with Gasteiger partial charge in [0.2, 0.25) is 0 Å². The van der Waals surface area contributed by atoms with Gasteiger partial charge in [-0.05, 0) is 31.0 Å². The van der Waals surface area contributed by atoms with Crippen LogP contribution in [-0.4, -0.2) is 13.5 Å². The zero-order valence-corrected chi connectivity index (χ0v) is 10.1. The second-order valence-corrected chi connectivity index (χ2v) is 3.93. The predicted molar refractivity (Wildman–Crippen MR) is 62.9 cm³/mol. The van der Waals surface area contributed by atoms with Crippen molar-refractivity contribution in [2.45, 2.75) is 38.7 Å². The van der Waals surface area contributed by atoms with Crippen LogP contribution in [0.1, 0.15) is 31.4 Å². The molecule has 1 N–H and O–H groups in total. The van der Waals surface area contributed by atoms with Crippen molar-refractivity contribution in [3.05, 3.63) is 35.4 Å². The molecule has 0 aliphatic rings. The summed E-state index contributed by atoms with van der Waals surface area (Å²) in [6.07, 6.45) is -1.12. The molecule has 90 valence electrons. The van der Waals surface area contributed by atoms with Crippen molar-refractivity contribution in [1.29, 1.82) is 0 Å². The van der Waals surface area contributed by atoms with E-state index in [-0.39, 0.29) is 0 Å². The van der Waals surface area contributed by atoms with Crippen LogP contribution in [0.3, 0.4) is 0 Å². The molecule has 0 aliphatic heterocycles. The van der Waals surface area contributed by atoms with Gasteiger partial charge in [-0.15, -0.1) is 0 Å². The molecular weight excluding hydrogens is 208 g/mol. The van der Waals surface area contributed by atoms with Crippen LogP contribution in [0.4, 0.5) is 8.78 Å². The molecule has 0 fully saturated rings. The SMILES string of the molecule is CCc1ccc(C(CC)(NC)C(F)F)cc1. The molecule has 0 amide bonds. The minimum Gasteiger partial charge on any atom is -0.306 e. The third-order valence-electron chi connectivity index (χ3n) is 3.25. The van der Waals surface area contributed by atoms with Crippen LogP contribution in [-0.2, 0) is 12.0 Å².